The lowest BCUT2D eigenvalue weighted by Gasteiger charge is -2.43. The lowest BCUT2D eigenvalue weighted by Crippen LogP contribution is -2.54. The Morgan fingerprint density at radius 1 is 1.21 bits per heavy atom. The minimum atomic E-state index is -1.42. The first-order valence-electron chi connectivity index (χ1n) is 12.6. The van der Waals surface area contributed by atoms with Crippen LogP contribution in [0.25, 0.3) is 11.3 Å². The Labute approximate surface area is 225 Å². The van der Waals surface area contributed by atoms with Gasteiger partial charge in [-0.1, -0.05) is 0 Å². The second-order valence-electron chi connectivity index (χ2n) is 10.1. The van der Waals surface area contributed by atoms with Crippen molar-refractivity contribution in [3.8, 4) is 11.3 Å². The highest BCUT2D eigenvalue weighted by Crippen LogP contribution is 2.39. The molecule has 10 nitrogen and oxygen atoms in total. The van der Waals surface area contributed by atoms with Crippen molar-refractivity contribution in [3.63, 3.8) is 0 Å². The number of pyridine rings is 2. The van der Waals surface area contributed by atoms with E-state index in [0.717, 1.165) is 0 Å². The third-order valence-corrected chi connectivity index (χ3v) is 6.82. The summed E-state index contributed by atoms with van der Waals surface area (Å²) in [7, 11) is 0. The van der Waals surface area contributed by atoms with E-state index in [4.69, 9.17) is 10.5 Å². The van der Waals surface area contributed by atoms with Gasteiger partial charge in [-0.05, 0) is 64.1 Å². The number of nitrogens with zero attached hydrogens (tertiary/aromatic N) is 2. The molecule has 0 aliphatic carbocycles. The molecule has 0 spiro atoms. The van der Waals surface area contributed by atoms with Crippen molar-refractivity contribution in [1.82, 2.24) is 15.3 Å². The molecule has 1 saturated heterocycles. The van der Waals surface area contributed by atoms with E-state index in [1.165, 1.54) is 49.6 Å². The molecule has 0 saturated carbocycles. The Kier molecular flexibility index (Phi) is 7.96. The Balaban J connectivity index is 1.62. The number of hydrogen-bond acceptors (Lipinski definition) is 8. The molecule has 2 amide bonds. The zero-order valence-electron chi connectivity index (χ0n) is 22.1. The van der Waals surface area contributed by atoms with E-state index >= 15 is 0 Å². The molecule has 1 aliphatic heterocycles. The number of nitrogen functional groups attached to an aromatic ring is 1. The maximum Gasteiger partial charge on any atom is 0.276 e. The number of nitrogens with one attached hydrogen (secondary N) is 2. The lowest BCUT2D eigenvalue weighted by atomic mass is 9.84. The van der Waals surface area contributed by atoms with E-state index in [2.05, 4.69) is 20.6 Å². The van der Waals surface area contributed by atoms with Crippen LogP contribution in [0.4, 0.5) is 15.8 Å². The van der Waals surface area contributed by atoms with Crippen molar-refractivity contribution in [2.75, 3.05) is 11.1 Å². The molecule has 3 heterocycles. The number of anilines is 2. The molecular formula is C28H32FN5O5. The van der Waals surface area contributed by atoms with Crippen molar-refractivity contribution in [3.05, 3.63) is 71.4 Å². The minimum Gasteiger partial charge on any atom is -0.397 e. The molecule has 1 fully saturated rings. The molecule has 1 aliphatic rings. The molecule has 4 rings (SSSR count). The van der Waals surface area contributed by atoms with Crippen molar-refractivity contribution in [2.24, 2.45) is 0 Å². The van der Waals surface area contributed by atoms with Crippen molar-refractivity contribution < 1.29 is 28.9 Å². The maximum atomic E-state index is 14.8. The van der Waals surface area contributed by atoms with E-state index in [1.54, 1.807) is 13.0 Å². The van der Waals surface area contributed by atoms with Crippen LogP contribution in [0, 0.1) is 5.82 Å². The van der Waals surface area contributed by atoms with Gasteiger partial charge in [0.25, 0.3) is 11.8 Å². The summed E-state index contributed by atoms with van der Waals surface area (Å²) in [6.45, 7) is 6.79. The predicted molar refractivity (Wildman–Crippen MR) is 143 cm³/mol. The summed E-state index contributed by atoms with van der Waals surface area (Å²) in [5, 5.41) is 26.4. The molecule has 39 heavy (non-hydrogen) atoms. The summed E-state index contributed by atoms with van der Waals surface area (Å²) in [4.78, 5) is 34.1. The number of rotatable bonds is 6. The number of carbonyl (C=O) groups is 2. The van der Waals surface area contributed by atoms with Crippen molar-refractivity contribution >= 4 is 23.2 Å². The SMILES string of the molecule is CC(C)NC(=O)c1ccc(F)c(-c2ccc(N)c(C(=O)Nc3cnccc3[C@H]3C[C@@H](O)[C@](C)(O)[C@@H](C)O3)n2)c1. The van der Waals surface area contributed by atoms with Gasteiger partial charge in [0, 0.05) is 35.3 Å². The van der Waals surface area contributed by atoms with Crippen LogP contribution in [0.15, 0.2) is 48.8 Å². The number of aliphatic hydroxyl groups is 2. The van der Waals surface area contributed by atoms with Gasteiger partial charge >= 0.3 is 0 Å². The van der Waals surface area contributed by atoms with Crippen LogP contribution in [0.2, 0.25) is 0 Å². The number of hydrogen-bond donors (Lipinski definition) is 5. The van der Waals surface area contributed by atoms with Gasteiger partial charge in [0.15, 0.2) is 5.69 Å². The fraction of sp³-hybridized carbons (Fsp3) is 0.357. The average molecular weight is 538 g/mol. The summed E-state index contributed by atoms with van der Waals surface area (Å²) in [6.07, 6.45) is 0.697. The highest BCUT2D eigenvalue weighted by Gasteiger charge is 2.44. The zero-order valence-corrected chi connectivity index (χ0v) is 22.1. The molecule has 0 radical (unpaired) electrons. The van der Waals surface area contributed by atoms with E-state index in [9.17, 15) is 24.2 Å². The van der Waals surface area contributed by atoms with Gasteiger partial charge in [-0.15, -0.1) is 0 Å². The standard InChI is InChI=1S/C28H32FN5O5/c1-14(2)32-26(36)16-5-6-19(29)18(11-16)21-8-7-20(30)25(33-21)27(37)34-22-13-31-10-9-17(22)23-12-24(35)28(4,38)15(3)39-23/h5-11,13-15,23-24,35,38H,12,30H2,1-4H3,(H,32,36)(H,34,37)/t15-,23-,24-,28-/m1/s1. The van der Waals surface area contributed by atoms with Gasteiger partial charge < -0.3 is 31.3 Å². The van der Waals surface area contributed by atoms with Crippen LogP contribution >= 0.6 is 0 Å². The third kappa shape index (κ3) is 5.90. The van der Waals surface area contributed by atoms with Crippen LogP contribution in [-0.2, 0) is 4.74 Å². The number of carbonyl (C=O) groups excluding carboxylic acids is 2. The topological polar surface area (TPSA) is 160 Å². The second kappa shape index (κ2) is 11.0. The number of aliphatic hydroxyl groups excluding tert-OH is 1. The van der Waals surface area contributed by atoms with Gasteiger partial charge in [0.2, 0.25) is 0 Å². The summed E-state index contributed by atoms with van der Waals surface area (Å²) in [5.41, 5.74) is 5.79. The first-order chi connectivity index (χ1) is 18.4. The Morgan fingerprint density at radius 3 is 2.64 bits per heavy atom. The van der Waals surface area contributed by atoms with E-state index in [-0.39, 0.29) is 46.6 Å². The molecule has 3 aromatic rings. The Morgan fingerprint density at radius 2 is 1.95 bits per heavy atom. The Hall–Kier alpha value is -3.93. The first kappa shape index (κ1) is 28.1. The average Bonchev–Trinajstić information content (AvgIpc) is 2.88. The maximum absolute atomic E-state index is 14.8. The summed E-state index contributed by atoms with van der Waals surface area (Å²) in [6, 6.07) is 8.36. The number of amides is 2. The molecule has 4 atom stereocenters. The molecule has 2 aromatic heterocycles. The summed E-state index contributed by atoms with van der Waals surface area (Å²) in [5.74, 6) is -1.66. The fourth-order valence-corrected chi connectivity index (χ4v) is 4.33. The summed E-state index contributed by atoms with van der Waals surface area (Å²) >= 11 is 0. The van der Waals surface area contributed by atoms with Crippen LogP contribution in [0.3, 0.4) is 0 Å². The highest BCUT2D eigenvalue weighted by molar-refractivity contribution is 6.07. The quantitative estimate of drug-likeness (QED) is 0.320. The number of halogens is 1. The molecule has 6 N–H and O–H groups in total. The number of benzene rings is 1. The predicted octanol–water partition coefficient (Wildman–Crippen LogP) is 3.22. The monoisotopic (exact) mass is 537 g/mol. The van der Waals surface area contributed by atoms with Crippen LogP contribution in [0.5, 0.6) is 0 Å². The van der Waals surface area contributed by atoms with Crippen molar-refractivity contribution in [2.45, 2.75) is 64.1 Å². The smallest absolute Gasteiger partial charge is 0.276 e. The first-order valence-corrected chi connectivity index (χ1v) is 12.6. The van der Waals surface area contributed by atoms with Crippen LogP contribution in [-0.4, -0.2) is 55.8 Å². The molecule has 0 unspecified atom stereocenters. The third-order valence-electron chi connectivity index (χ3n) is 6.82. The largest absolute Gasteiger partial charge is 0.397 e. The molecule has 0 bridgehead atoms. The van der Waals surface area contributed by atoms with Gasteiger partial charge in [-0.3, -0.25) is 14.6 Å². The summed E-state index contributed by atoms with van der Waals surface area (Å²) < 4.78 is 20.7. The van der Waals surface area contributed by atoms with Crippen molar-refractivity contribution in [1.29, 1.82) is 0 Å². The lowest BCUT2D eigenvalue weighted by molar-refractivity contribution is -0.215. The minimum absolute atomic E-state index is 0.0353. The normalized spacial score (nSPS) is 22.9. The molecular weight excluding hydrogens is 505 g/mol. The van der Waals surface area contributed by atoms with E-state index in [0.29, 0.717) is 11.3 Å². The molecule has 11 heteroatoms. The van der Waals surface area contributed by atoms with Gasteiger partial charge in [-0.2, -0.15) is 0 Å². The fourth-order valence-electron chi connectivity index (χ4n) is 4.33. The Bertz CT molecular complexity index is 1380. The second-order valence-corrected chi connectivity index (χ2v) is 10.1. The highest BCUT2D eigenvalue weighted by atomic mass is 19.1. The van der Waals surface area contributed by atoms with Gasteiger partial charge in [-0.25, -0.2) is 9.37 Å². The van der Waals surface area contributed by atoms with Gasteiger partial charge in [0.05, 0.1) is 41.6 Å². The van der Waals surface area contributed by atoms with E-state index in [1.807, 2.05) is 13.8 Å². The number of nitrogens with two attached hydrogens (primary N) is 1. The van der Waals surface area contributed by atoms with E-state index < -0.39 is 35.6 Å². The molecule has 206 valence electrons. The van der Waals surface area contributed by atoms with Crippen LogP contribution < -0.4 is 16.4 Å². The number of ether oxygens (including phenoxy) is 1. The number of aromatic nitrogens is 2. The zero-order chi connectivity index (χ0) is 28.5. The molecule has 1 aromatic carbocycles. The van der Waals surface area contributed by atoms with Crippen LogP contribution in [0.1, 0.15) is 66.6 Å². The van der Waals surface area contributed by atoms with Gasteiger partial charge in [0.1, 0.15) is 11.4 Å².